The van der Waals surface area contributed by atoms with E-state index in [1.54, 1.807) is 12.1 Å². The number of nitrogens with zero attached hydrogens (tertiary/aromatic N) is 3. The molecular formula is C21H20F3N3O4S. The molecule has 0 amide bonds. The normalized spacial score (nSPS) is 17.9. The number of hydrogen-bond acceptors (Lipinski definition) is 6. The summed E-state index contributed by atoms with van der Waals surface area (Å²) in [6.07, 6.45) is -3.17. The number of benzene rings is 2. The van der Waals surface area contributed by atoms with Crippen molar-refractivity contribution in [2.24, 2.45) is 0 Å². The molecule has 1 aromatic heterocycles. The summed E-state index contributed by atoms with van der Waals surface area (Å²) >= 11 is 0. The number of methoxy groups -OCH3 is 1. The lowest BCUT2D eigenvalue weighted by Crippen LogP contribution is -2.39. The summed E-state index contributed by atoms with van der Waals surface area (Å²) < 4.78 is 76.5. The van der Waals surface area contributed by atoms with Gasteiger partial charge in [0.1, 0.15) is 5.75 Å². The van der Waals surface area contributed by atoms with Gasteiger partial charge in [-0.25, -0.2) is 8.42 Å². The third kappa shape index (κ3) is 4.49. The minimum absolute atomic E-state index is 0.0869. The Morgan fingerprint density at radius 1 is 1.06 bits per heavy atom. The molecule has 1 aliphatic heterocycles. The molecule has 0 aliphatic carbocycles. The van der Waals surface area contributed by atoms with Crippen molar-refractivity contribution >= 4 is 10.0 Å². The molecule has 1 unspecified atom stereocenters. The maximum absolute atomic E-state index is 13.0. The van der Waals surface area contributed by atoms with Crippen LogP contribution in [0.3, 0.4) is 0 Å². The van der Waals surface area contributed by atoms with Gasteiger partial charge in [0.2, 0.25) is 21.8 Å². The molecule has 0 saturated carbocycles. The van der Waals surface area contributed by atoms with Gasteiger partial charge in [-0.1, -0.05) is 0 Å². The van der Waals surface area contributed by atoms with E-state index in [0.29, 0.717) is 30.7 Å². The Morgan fingerprint density at radius 3 is 2.38 bits per heavy atom. The minimum atomic E-state index is -4.43. The maximum Gasteiger partial charge on any atom is 0.416 e. The molecule has 4 rings (SSSR count). The fraction of sp³-hybridized carbons (Fsp3) is 0.333. The van der Waals surface area contributed by atoms with E-state index in [9.17, 15) is 21.6 Å². The third-order valence-electron chi connectivity index (χ3n) is 5.33. The Labute approximate surface area is 182 Å². The molecule has 0 N–H and O–H groups in total. The molecule has 2 heterocycles. The number of sulfonamides is 1. The van der Waals surface area contributed by atoms with Crippen molar-refractivity contribution in [1.82, 2.24) is 14.5 Å². The number of alkyl halides is 3. The molecule has 32 heavy (non-hydrogen) atoms. The van der Waals surface area contributed by atoms with Gasteiger partial charge in [0.05, 0.1) is 23.5 Å². The van der Waals surface area contributed by atoms with Gasteiger partial charge in [0.15, 0.2) is 0 Å². The fourth-order valence-electron chi connectivity index (χ4n) is 3.58. The van der Waals surface area contributed by atoms with Gasteiger partial charge in [-0.05, 0) is 61.4 Å². The summed E-state index contributed by atoms with van der Waals surface area (Å²) in [5.74, 6) is 0.591. The second kappa shape index (κ2) is 8.55. The molecule has 2 aromatic carbocycles. The zero-order chi connectivity index (χ0) is 22.9. The Morgan fingerprint density at radius 2 is 1.75 bits per heavy atom. The number of aromatic nitrogens is 2. The first-order valence-electron chi connectivity index (χ1n) is 9.84. The summed E-state index contributed by atoms with van der Waals surface area (Å²) in [5.41, 5.74) is -0.414. The summed E-state index contributed by atoms with van der Waals surface area (Å²) in [7, 11) is -2.21. The van der Waals surface area contributed by atoms with Crippen molar-refractivity contribution in [3.05, 3.63) is 60.0 Å². The van der Waals surface area contributed by atoms with Gasteiger partial charge in [-0.2, -0.15) is 17.5 Å². The van der Waals surface area contributed by atoms with E-state index in [-0.39, 0.29) is 29.1 Å². The minimum Gasteiger partial charge on any atom is -0.497 e. The zero-order valence-electron chi connectivity index (χ0n) is 17.0. The Bertz CT molecular complexity index is 1180. The third-order valence-corrected chi connectivity index (χ3v) is 7.21. The molecule has 3 aromatic rings. The van der Waals surface area contributed by atoms with Crippen LogP contribution in [0.2, 0.25) is 0 Å². The van der Waals surface area contributed by atoms with E-state index in [0.717, 1.165) is 12.1 Å². The standard InChI is InChI=1S/C21H20F3N3O4S/c1-30-17-8-10-18(11-9-17)32(28,29)27-12-2-3-15(13-27)20-26-25-19(31-20)14-4-6-16(7-5-14)21(22,23)24/h4-11,15H,2-3,12-13H2,1H3. The van der Waals surface area contributed by atoms with Gasteiger partial charge in [0, 0.05) is 18.7 Å². The lowest BCUT2D eigenvalue weighted by atomic mass is 10.00. The molecule has 1 aliphatic rings. The maximum atomic E-state index is 13.0. The van der Waals surface area contributed by atoms with Gasteiger partial charge in [0.25, 0.3) is 0 Å². The van der Waals surface area contributed by atoms with E-state index in [2.05, 4.69) is 10.2 Å². The van der Waals surface area contributed by atoms with Crippen molar-refractivity contribution in [2.75, 3.05) is 20.2 Å². The largest absolute Gasteiger partial charge is 0.497 e. The molecule has 0 bridgehead atoms. The highest BCUT2D eigenvalue weighted by molar-refractivity contribution is 7.89. The van der Waals surface area contributed by atoms with E-state index >= 15 is 0 Å². The van der Waals surface area contributed by atoms with Crippen LogP contribution in [0.4, 0.5) is 13.2 Å². The predicted octanol–water partition coefficient (Wildman–Crippen LogP) is 4.33. The molecule has 170 valence electrons. The number of piperidine rings is 1. The van der Waals surface area contributed by atoms with Crippen LogP contribution in [-0.2, 0) is 16.2 Å². The molecule has 1 saturated heterocycles. The van der Waals surface area contributed by atoms with Crippen molar-refractivity contribution in [3.8, 4) is 17.2 Å². The molecule has 0 spiro atoms. The predicted molar refractivity (Wildman–Crippen MR) is 108 cm³/mol. The van der Waals surface area contributed by atoms with Crippen LogP contribution in [0.15, 0.2) is 57.8 Å². The molecule has 0 radical (unpaired) electrons. The van der Waals surface area contributed by atoms with E-state index in [1.165, 1.54) is 35.7 Å². The number of rotatable bonds is 5. The Balaban J connectivity index is 1.51. The van der Waals surface area contributed by atoms with Gasteiger partial charge >= 0.3 is 6.18 Å². The topological polar surface area (TPSA) is 85.5 Å². The highest BCUT2D eigenvalue weighted by atomic mass is 32.2. The van der Waals surface area contributed by atoms with Crippen molar-refractivity contribution in [3.63, 3.8) is 0 Å². The van der Waals surface area contributed by atoms with Crippen molar-refractivity contribution < 1.29 is 30.7 Å². The van der Waals surface area contributed by atoms with Crippen LogP contribution in [0.5, 0.6) is 5.75 Å². The average molecular weight is 467 g/mol. The molecular weight excluding hydrogens is 447 g/mol. The first-order chi connectivity index (χ1) is 15.2. The van der Waals surface area contributed by atoms with E-state index < -0.39 is 21.8 Å². The summed E-state index contributed by atoms with van der Waals surface area (Å²) in [4.78, 5) is 0.162. The zero-order valence-corrected chi connectivity index (χ0v) is 17.9. The fourth-order valence-corrected chi connectivity index (χ4v) is 5.10. The van der Waals surface area contributed by atoms with E-state index in [4.69, 9.17) is 9.15 Å². The number of ether oxygens (including phenoxy) is 1. The van der Waals surface area contributed by atoms with Crippen LogP contribution in [0.1, 0.15) is 30.2 Å². The van der Waals surface area contributed by atoms with Crippen molar-refractivity contribution in [1.29, 1.82) is 0 Å². The van der Waals surface area contributed by atoms with Gasteiger partial charge < -0.3 is 9.15 Å². The number of hydrogen-bond donors (Lipinski definition) is 0. The average Bonchev–Trinajstić information content (AvgIpc) is 3.29. The van der Waals surface area contributed by atoms with Gasteiger partial charge in [-0.3, -0.25) is 0 Å². The molecule has 7 nitrogen and oxygen atoms in total. The molecule has 1 atom stereocenters. The van der Waals surface area contributed by atoms with Crippen LogP contribution in [0, 0.1) is 0 Å². The quantitative estimate of drug-likeness (QED) is 0.555. The number of halogens is 3. The summed E-state index contributed by atoms with van der Waals surface area (Å²) in [6, 6.07) is 10.6. The van der Waals surface area contributed by atoms with Crippen LogP contribution >= 0.6 is 0 Å². The highest BCUT2D eigenvalue weighted by Gasteiger charge is 2.34. The first kappa shape index (κ1) is 22.3. The second-order valence-corrected chi connectivity index (χ2v) is 9.34. The first-order valence-corrected chi connectivity index (χ1v) is 11.3. The molecule has 11 heteroatoms. The summed E-state index contributed by atoms with van der Waals surface area (Å²) in [5, 5.41) is 7.96. The van der Waals surface area contributed by atoms with Gasteiger partial charge in [-0.15, -0.1) is 10.2 Å². The Kier molecular flexibility index (Phi) is 5.95. The van der Waals surface area contributed by atoms with Crippen molar-refractivity contribution in [2.45, 2.75) is 29.8 Å². The van der Waals surface area contributed by atoms with Crippen LogP contribution in [0.25, 0.3) is 11.5 Å². The van der Waals surface area contributed by atoms with Crippen LogP contribution in [-0.4, -0.2) is 43.1 Å². The summed E-state index contributed by atoms with van der Waals surface area (Å²) in [6.45, 7) is 0.535. The second-order valence-electron chi connectivity index (χ2n) is 7.40. The highest BCUT2D eigenvalue weighted by Crippen LogP contribution is 2.33. The SMILES string of the molecule is COc1ccc(S(=O)(=O)N2CCCC(c3nnc(-c4ccc(C(F)(F)F)cc4)o3)C2)cc1. The van der Waals surface area contributed by atoms with Crippen LogP contribution < -0.4 is 4.74 Å². The molecule has 1 fully saturated rings. The van der Waals surface area contributed by atoms with E-state index in [1.807, 2.05) is 0 Å². The smallest absolute Gasteiger partial charge is 0.416 e. The lowest BCUT2D eigenvalue weighted by molar-refractivity contribution is -0.137. The lowest BCUT2D eigenvalue weighted by Gasteiger charge is -2.30. The monoisotopic (exact) mass is 467 g/mol. The Hall–Kier alpha value is -2.92.